The molecule has 2 rings (SSSR count). The number of halogens is 4. The predicted octanol–water partition coefficient (Wildman–Crippen LogP) is 3.27. The van der Waals surface area contributed by atoms with E-state index in [4.69, 9.17) is 16.7 Å². The molecule has 0 bridgehead atoms. The van der Waals surface area contributed by atoms with Crippen LogP contribution in [0.3, 0.4) is 0 Å². The van der Waals surface area contributed by atoms with Gasteiger partial charge < -0.3 is 15.3 Å². The van der Waals surface area contributed by atoms with Crippen molar-refractivity contribution in [2.45, 2.75) is 38.4 Å². The summed E-state index contributed by atoms with van der Waals surface area (Å²) < 4.78 is 37.7. The topological polar surface area (TPSA) is 82.5 Å². The van der Waals surface area contributed by atoms with Crippen molar-refractivity contribution in [3.05, 3.63) is 22.8 Å². The molecule has 0 aromatic carbocycles. The zero-order valence-corrected chi connectivity index (χ0v) is 14.8. The van der Waals surface area contributed by atoms with Gasteiger partial charge in [-0.1, -0.05) is 11.6 Å². The monoisotopic (exact) mass is 393 g/mol. The molecule has 1 aliphatic heterocycles. The van der Waals surface area contributed by atoms with E-state index in [-0.39, 0.29) is 42.3 Å². The Hall–Kier alpha value is -2.03. The Bertz CT molecular complexity index is 684. The van der Waals surface area contributed by atoms with Gasteiger partial charge in [0.1, 0.15) is 5.82 Å². The molecule has 2 atom stereocenters. The first kappa shape index (κ1) is 20.3. The van der Waals surface area contributed by atoms with Crippen LogP contribution in [0.15, 0.2) is 12.3 Å². The number of hydrogen-bond donors (Lipinski definition) is 2. The Kier molecular flexibility index (Phi) is 6.33. The van der Waals surface area contributed by atoms with E-state index >= 15 is 0 Å². The van der Waals surface area contributed by atoms with Gasteiger partial charge in [-0.2, -0.15) is 13.2 Å². The standard InChI is InChI=1S/C16H19ClF3N3O3/c1-9-2-3-10(15(25)26)8-23(9)13(24)4-5-21-14-12(17)6-11(7-22-14)16(18,19)20/h6-7,9-10H,2-5,8H2,1H3,(H,21,22)(H,25,26). The van der Waals surface area contributed by atoms with Gasteiger partial charge in [-0.3, -0.25) is 9.59 Å². The zero-order chi connectivity index (χ0) is 19.5. The predicted molar refractivity (Wildman–Crippen MR) is 88.9 cm³/mol. The van der Waals surface area contributed by atoms with Crippen molar-refractivity contribution in [3.63, 3.8) is 0 Å². The number of anilines is 1. The van der Waals surface area contributed by atoms with Crippen LogP contribution in [-0.2, 0) is 15.8 Å². The Morgan fingerprint density at radius 1 is 1.42 bits per heavy atom. The third-order valence-electron chi connectivity index (χ3n) is 4.35. The van der Waals surface area contributed by atoms with Crippen LogP contribution in [0.25, 0.3) is 0 Å². The normalized spacial score (nSPS) is 20.7. The number of likely N-dealkylation sites (tertiary alicyclic amines) is 1. The lowest BCUT2D eigenvalue weighted by Gasteiger charge is -2.36. The number of carboxylic acids is 1. The Morgan fingerprint density at radius 3 is 2.69 bits per heavy atom. The summed E-state index contributed by atoms with van der Waals surface area (Å²) in [7, 11) is 0. The number of carboxylic acid groups (broad SMARTS) is 1. The maximum atomic E-state index is 12.6. The van der Waals surface area contributed by atoms with Crippen molar-refractivity contribution in [1.29, 1.82) is 0 Å². The average Bonchev–Trinajstić information content (AvgIpc) is 2.55. The molecule has 0 spiro atoms. The summed E-state index contributed by atoms with van der Waals surface area (Å²) in [5.74, 6) is -1.66. The molecule has 144 valence electrons. The second-order valence-corrected chi connectivity index (χ2v) is 6.64. The number of pyridine rings is 1. The van der Waals surface area contributed by atoms with Crippen molar-refractivity contribution in [1.82, 2.24) is 9.88 Å². The minimum absolute atomic E-state index is 0.0501. The highest BCUT2D eigenvalue weighted by Gasteiger charge is 2.33. The number of piperidine rings is 1. The average molecular weight is 394 g/mol. The van der Waals surface area contributed by atoms with Crippen LogP contribution in [0.1, 0.15) is 31.7 Å². The van der Waals surface area contributed by atoms with Crippen LogP contribution >= 0.6 is 11.6 Å². The van der Waals surface area contributed by atoms with Crippen LogP contribution in [0, 0.1) is 5.92 Å². The highest BCUT2D eigenvalue weighted by atomic mass is 35.5. The molecule has 2 unspecified atom stereocenters. The fourth-order valence-electron chi connectivity index (χ4n) is 2.81. The fourth-order valence-corrected chi connectivity index (χ4v) is 3.04. The molecule has 6 nitrogen and oxygen atoms in total. The minimum Gasteiger partial charge on any atom is -0.481 e. The zero-order valence-electron chi connectivity index (χ0n) is 14.0. The maximum absolute atomic E-state index is 12.6. The van der Waals surface area contributed by atoms with Gasteiger partial charge in [0.25, 0.3) is 0 Å². The molecule has 1 amide bonds. The van der Waals surface area contributed by atoms with E-state index in [1.807, 2.05) is 6.92 Å². The molecule has 2 N–H and O–H groups in total. The van der Waals surface area contributed by atoms with E-state index in [0.29, 0.717) is 19.0 Å². The third-order valence-corrected chi connectivity index (χ3v) is 4.64. The molecule has 1 aromatic heterocycles. The molecule has 0 saturated carbocycles. The number of carbonyl (C=O) groups is 2. The van der Waals surface area contributed by atoms with Crippen molar-refractivity contribution in [3.8, 4) is 0 Å². The molecular weight excluding hydrogens is 375 g/mol. The van der Waals surface area contributed by atoms with Crippen molar-refractivity contribution >= 4 is 29.3 Å². The molecule has 1 aliphatic rings. The number of amides is 1. The molecule has 0 radical (unpaired) electrons. The largest absolute Gasteiger partial charge is 0.481 e. The first-order chi connectivity index (χ1) is 12.1. The van der Waals surface area contributed by atoms with Crippen LogP contribution < -0.4 is 5.32 Å². The summed E-state index contributed by atoms with van der Waals surface area (Å²) in [6.45, 7) is 2.14. The Balaban J connectivity index is 1.91. The van der Waals surface area contributed by atoms with Crippen LogP contribution in [0.5, 0.6) is 0 Å². The SMILES string of the molecule is CC1CCC(C(=O)O)CN1C(=O)CCNc1ncc(C(F)(F)F)cc1Cl. The summed E-state index contributed by atoms with van der Waals surface area (Å²) in [6.07, 6.45) is -2.67. The van der Waals surface area contributed by atoms with Crippen molar-refractivity contribution in [2.24, 2.45) is 5.92 Å². The molecule has 10 heteroatoms. The second kappa shape index (κ2) is 8.11. The van der Waals surface area contributed by atoms with Gasteiger partial charge in [-0.25, -0.2) is 4.98 Å². The number of alkyl halides is 3. The number of nitrogens with one attached hydrogen (secondary N) is 1. The number of nitrogens with zero attached hydrogens (tertiary/aromatic N) is 2. The third kappa shape index (κ3) is 5.00. The molecule has 0 aliphatic carbocycles. The smallest absolute Gasteiger partial charge is 0.417 e. The highest BCUT2D eigenvalue weighted by Crippen LogP contribution is 2.32. The van der Waals surface area contributed by atoms with Crippen LogP contribution in [-0.4, -0.2) is 46.0 Å². The molecule has 1 aromatic rings. The Morgan fingerprint density at radius 2 is 2.12 bits per heavy atom. The van der Waals surface area contributed by atoms with Gasteiger partial charge in [0, 0.05) is 31.7 Å². The highest BCUT2D eigenvalue weighted by molar-refractivity contribution is 6.32. The number of carbonyl (C=O) groups excluding carboxylic acids is 1. The lowest BCUT2D eigenvalue weighted by Crippen LogP contribution is -2.47. The second-order valence-electron chi connectivity index (χ2n) is 6.24. The molecule has 26 heavy (non-hydrogen) atoms. The summed E-state index contributed by atoms with van der Waals surface area (Å²) in [5.41, 5.74) is -0.953. The first-order valence-corrected chi connectivity index (χ1v) is 8.46. The fraction of sp³-hybridized carbons (Fsp3) is 0.562. The van der Waals surface area contributed by atoms with Crippen LogP contribution in [0.4, 0.5) is 19.0 Å². The number of aliphatic carboxylic acids is 1. The molecule has 1 saturated heterocycles. The van der Waals surface area contributed by atoms with E-state index in [1.54, 1.807) is 0 Å². The number of aromatic nitrogens is 1. The first-order valence-electron chi connectivity index (χ1n) is 8.08. The quantitative estimate of drug-likeness (QED) is 0.802. The van der Waals surface area contributed by atoms with Crippen LogP contribution in [0.2, 0.25) is 5.02 Å². The lowest BCUT2D eigenvalue weighted by molar-refractivity contribution is -0.147. The van der Waals surface area contributed by atoms with Crippen molar-refractivity contribution < 1.29 is 27.9 Å². The van der Waals surface area contributed by atoms with Gasteiger partial charge in [-0.15, -0.1) is 0 Å². The lowest BCUT2D eigenvalue weighted by atomic mass is 9.93. The van der Waals surface area contributed by atoms with E-state index in [9.17, 15) is 22.8 Å². The molecule has 1 fully saturated rings. The number of hydrogen-bond acceptors (Lipinski definition) is 4. The maximum Gasteiger partial charge on any atom is 0.417 e. The van der Waals surface area contributed by atoms with Gasteiger partial charge in [0.15, 0.2) is 0 Å². The molecular formula is C16H19ClF3N3O3. The van der Waals surface area contributed by atoms with E-state index in [2.05, 4.69) is 10.3 Å². The van der Waals surface area contributed by atoms with Gasteiger partial charge >= 0.3 is 12.1 Å². The van der Waals surface area contributed by atoms with Crippen molar-refractivity contribution in [2.75, 3.05) is 18.4 Å². The summed E-state index contributed by atoms with van der Waals surface area (Å²) in [5, 5.41) is 11.7. The van der Waals surface area contributed by atoms with E-state index < -0.39 is 23.6 Å². The summed E-state index contributed by atoms with van der Waals surface area (Å²) >= 11 is 5.79. The summed E-state index contributed by atoms with van der Waals surface area (Å²) in [6, 6.07) is 0.717. The van der Waals surface area contributed by atoms with Gasteiger partial charge in [0.2, 0.25) is 5.91 Å². The van der Waals surface area contributed by atoms with E-state index in [0.717, 1.165) is 6.07 Å². The number of rotatable bonds is 5. The Labute approximate surface area is 153 Å². The molecule has 2 heterocycles. The van der Waals surface area contributed by atoms with E-state index in [1.165, 1.54) is 4.90 Å². The minimum atomic E-state index is -4.53. The summed E-state index contributed by atoms with van der Waals surface area (Å²) in [4.78, 5) is 28.6. The van der Waals surface area contributed by atoms with Gasteiger partial charge in [-0.05, 0) is 25.8 Å². The van der Waals surface area contributed by atoms with Gasteiger partial charge in [0.05, 0.1) is 16.5 Å².